The molecular formula is C23H23N3O3. The van der Waals surface area contributed by atoms with Gasteiger partial charge < -0.3 is 15.4 Å². The van der Waals surface area contributed by atoms with Crippen LogP contribution in [0.2, 0.25) is 0 Å². The molecule has 6 heteroatoms. The number of rotatable bonds is 7. The quantitative estimate of drug-likeness (QED) is 0.552. The Balaban J connectivity index is 1.69. The molecule has 3 aromatic rings. The van der Waals surface area contributed by atoms with Crippen LogP contribution in [-0.2, 0) is 0 Å². The minimum atomic E-state index is -0.303. The number of aromatic nitrogens is 1. The van der Waals surface area contributed by atoms with Crippen molar-refractivity contribution in [2.24, 2.45) is 0 Å². The summed E-state index contributed by atoms with van der Waals surface area (Å²) in [4.78, 5) is 28.2. The zero-order chi connectivity index (χ0) is 20.8. The molecule has 3 rings (SSSR count). The van der Waals surface area contributed by atoms with Crippen molar-refractivity contribution >= 4 is 28.8 Å². The van der Waals surface area contributed by atoms with E-state index < -0.39 is 0 Å². The molecule has 2 aromatic carbocycles. The number of anilines is 3. The summed E-state index contributed by atoms with van der Waals surface area (Å²) in [5.74, 6) is 0.436. The standard InChI is InChI=1S/C23H23N3O3/c1-15(2)29-22-9-7-19(8-10-22)25-21-12-18(13-24-14-21)23(28)26-20-6-4-5-17(11-20)16(3)27/h4-15,25H,1-3H3,(H,26,28). The van der Waals surface area contributed by atoms with E-state index in [2.05, 4.69) is 15.6 Å². The Kier molecular flexibility index (Phi) is 6.24. The molecule has 1 heterocycles. The molecule has 29 heavy (non-hydrogen) atoms. The van der Waals surface area contributed by atoms with E-state index in [9.17, 15) is 9.59 Å². The second-order valence-electron chi connectivity index (χ2n) is 6.87. The van der Waals surface area contributed by atoms with Crippen molar-refractivity contribution in [3.63, 3.8) is 0 Å². The average molecular weight is 389 g/mol. The molecule has 148 valence electrons. The lowest BCUT2D eigenvalue weighted by atomic mass is 10.1. The molecule has 0 atom stereocenters. The molecule has 0 bridgehead atoms. The van der Waals surface area contributed by atoms with Crippen LogP contribution in [0, 0.1) is 0 Å². The van der Waals surface area contributed by atoms with E-state index in [4.69, 9.17) is 4.74 Å². The molecule has 0 saturated heterocycles. The average Bonchev–Trinajstić information content (AvgIpc) is 2.69. The number of pyridine rings is 1. The highest BCUT2D eigenvalue weighted by molar-refractivity contribution is 6.05. The highest BCUT2D eigenvalue weighted by Gasteiger charge is 2.09. The summed E-state index contributed by atoms with van der Waals surface area (Å²) >= 11 is 0. The maximum Gasteiger partial charge on any atom is 0.257 e. The van der Waals surface area contributed by atoms with Gasteiger partial charge in [0.1, 0.15) is 5.75 Å². The third kappa shape index (κ3) is 5.65. The SMILES string of the molecule is CC(=O)c1cccc(NC(=O)c2cncc(Nc3ccc(OC(C)C)cc3)c2)c1. The molecule has 0 spiro atoms. The number of ether oxygens (including phenoxy) is 1. The molecule has 0 unspecified atom stereocenters. The van der Waals surface area contributed by atoms with Crippen LogP contribution >= 0.6 is 0 Å². The first-order chi connectivity index (χ1) is 13.9. The van der Waals surface area contributed by atoms with Crippen LogP contribution in [0.25, 0.3) is 0 Å². The van der Waals surface area contributed by atoms with Gasteiger partial charge in [-0.2, -0.15) is 0 Å². The first-order valence-electron chi connectivity index (χ1n) is 9.32. The number of hydrogen-bond donors (Lipinski definition) is 2. The number of carbonyl (C=O) groups is 2. The van der Waals surface area contributed by atoms with Crippen molar-refractivity contribution in [2.75, 3.05) is 10.6 Å². The largest absolute Gasteiger partial charge is 0.491 e. The van der Waals surface area contributed by atoms with E-state index in [0.717, 1.165) is 11.4 Å². The Hall–Kier alpha value is -3.67. The number of Topliss-reactive ketones (excluding diaryl/α,β-unsaturated/α-hetero) is 1. The third-order valence-electron chi connectivity index (χ3n) is 4.04. The number of hydrogen-bond acceptors (Lipinski definition) is 5. The van der Waals surface area contributed by atoms with Gasteiger partial charge in [-0.3, -0.25) is 14.6 Å². The van der Waals surface area contributed by atoms with Crippen molar-refractivity contribution in [1.82, 2.24) is 4.98 Å². The van der Waals surface area contributed by atoms with Crippen LogP contribution in [0.15, 0.2) is 67.0 Å². The molecular weight excluding hydrogens is 366 g/mol. The van der Waals surface area contributed by atoms with Crippen molar-refractivity contribution in [3.05, 3.63) is 78.1 Å². The van der Waals surface area contributed by atoms with E-state index in [1.807, 2.05) is 38.1 Å². The molecule has 1 amide bonds. The Labute approximate surface area is 169 Å². The van der Waals surface area contributed by atoms with E-state index in [0.29, 0.717) is 22.5 Å². The van der Waals surface area contributed by atoms with E-state index in [1.165, 1.54) is 13.1 Å². The molecule has 0 radical (unpaired) electrons. The molecule has 2 N–H and O–H groups in total. The Morgan fingerprint density at radius 2 is 1.62 bits per heavy atom. The predicted molar refractivity (Wildman–Crippen MR) is 114 cm³/mol. The number of nitrogens with one attached hydrogen (secondary N) is 2. The molecule has 6 nitrogen and oxygen atoms in total. The minimum absolute atomic E-state index is 0.0567. The summed E-state index contributed by atoms with van der Waals surface area (Å²) in [7, 11) is 0. The lowest BCUT2D eigenvalue weighted by Crippen LogP contribution is -2.13. The van der Waals surface area contributed by atoms with Gasteiger partial charge in [-0.15, -0.1) is 0 Å². The third-order valence-corrected chi connectivity index (χ3v) is 4.04. The highest BCUT2D eigenvalue weighted by Crippen LogP contribution is 2.21. The topological polar surface area (TPSA) is 80.3 Å². The van der Waals surface area contributed by atoms with Gasteiger partial charge in [-0.05, 0) is 63.2 Å². The lowest BCUT2D eigenvalue weighted by Gasteiger charge is -2.11. The molecule has 1 aromatic heterocycles. The van der Waals surface area contributed by atoms with Crippen LogP contribution in [-0.4, -0.2) is 22.8 Å². The van der Waals surface area contributed by atoms with Crippen LogP contribution in [0.5, 0.6) is 5.75 Å². The number of amides is 1. The molecule has 0 fully saturated rings. The predicted octanol–water partition coefficient (Wildman–Crippen LogP) is 5.07. The van der Waals surface area contributed by atoms with E-state index in [1.54, 1.807) is 36.5 Å². The summed E-state index contributed by atoms with van der Waals surface area (Å²) in [6, 6.07) is 16.1. The first-order valence-corrected chi connectivity index (χ1v) is 9.32. The normalized spacial score (nSPS) is 10.5. The van der Waals surface area contributed by atoms with Crippen molar-refractivity contribution < 1.29 is 14.3 Å². The summed E-state index contributed by atoms with van der Waals surface area (Å²) in [5.41, 5.74) is 3.05. The van der Waals surface area contributed by atoms with Crippen molar-refractivity contribution in [1.29, 1.82) is 0 Å². The maximum atomic E-state index is 12.6. The second-order valence-corrected chi connectivity index (χ2v) is 6.87. The summed E-state index contributed by atoms with van der Waals surface area (Å²) in [6.45, 7) is 5.44. The highest BCUT2D eigenvalue weighted by atomic mass is 16.5. The van der Waals surface area contributed by atoms with Crippen LogP contribution in [0.3, 0.4) is 0 Å². The zero-order valence-electron chi connectivity index (χ0n) is 16.6. The fraction of sp³-hybridized carbons (Fsp3) is 0.174. The lowest BCUT2D eigenvalue weighted by molar-refractivity contribution is 0.101. The van der Waals surface area contributed by atoms with E-state index >= 15 is 0 Å². The van der Waals surface area contributed by atoms with Gasteiger partial charge in [0.15, 0.2) is 5.78 Å². The van der Waals surface area contributed by atoms with Gasteiger partial charge >= 0.3 is 0 Å². The summed E-state index contributed by atoms with van der Waals surface area (Å²) < 4.78 is 5.64. The van der Waals surface area contributed by atoms with Crippen LogP contribution in [0.1, 0.15) is 41.5 Å². The van der Waals surface area contributed by atoms with Gasteiger partial charge in [-0.1, -0.05) is 12.1 Å². The van der Waals surface area contributed by atoms with Gasteiger partial charge in [-0.25, -0.2) is 0 Å². The van der Waals surface area contributed by atoms with Gasteiger partial charge in [0.2, 0.25) is 0 Å². The number of benzene rings is 2. The Morgan fingerprint density at radius 1 is 0.897 bits per heavy atom. The van der Waals surface area contributed by atoms with Crippen LogP contribution in [0.4, 0.5) is 17.1 Å². The van der Waals surface area contributed by atoms with Gasteiger partial charge in [0.05, 0.1) is 23.6 Å². The van der Waals surface area contributed by atoms with Gasteiger partial charge in [0, 0.05) is 23.1 Å². The van der Waals surface area contributed by atoms with Crippen molar-refractivity contribution in [2.45, 2.75) is 26.9 Å². The molecule has 0 saturated carbocycles. The number of nitrogens with zero attached hydrogens (tertiary/aromatic N) is 1. The summed E-state index contributed by atoms with van der Waals surface area (Å²) in [6.07, 6.45) is 3.25. The van der Waals surface area contributed by atoms with Crippen LogP contribution < -0.4 is 15.4 Å². The minimum Gasteiger partial charge on any atom is -0.491 e. The fourth-order valence-corrected chi connectivity index (χ4v) is 2.71. The first kappa shape index (κ1) is 20.1. The Morgan fingerprint density at radius 3 is 2.31 bits per heavy atom. The summed E-state index contributed by atoms with van der Waals surface area (Å²) in [5, 5.41) is 6.02. The maximum absolute atomic E-state index is 12.6. The number of carbonyl (C=O) groups excluding carboxylic acids is 2. The molecule has 0 aliphatic carbocycles. The van der Waals surface area contributed by atoms with Gasteiger partial charge in [0.25, 0.3) is 5.91 Å². The second kappa shape index (κ2) is 9.01. The zero-order valence-corrected chi connectivity index (χ0v) is 16.6. The Bertz CT molecular complexity index is 1010. The smallest absolute Gasteiger partial charge is 0.257 e. The number of ketones is 1. The fourth-order valence-electron chi connectivity index (χ4n) is 2.71. The van der Waals surface area contributed by atoms with E-state index in [-0.39, 0.29) is 17.8 Å². The van der Waals surface area contributed by atoms with Crippen molar-refractivity contribution in [3.8, 4) is 5.75 Å². The molecule has 0 aliphatic rings. The monoisotopic (exact) mass is 389 g/mol. The molecule has 0 aliphatic heterocycles.